The minimum atomic E-state index is -0.213. The highest BCUT2D eigenvalue weighted by Crippen LogP contribution is 2.27. The molecular formula is C26H34N6O2. The van der Waals surface area contributed by atoms with Gasteiger partial charge >= 0.3 is 6.03 Å². The molecule has 0 bridgehead atoms. The van der Waals surface area contributed by atoms with Gasteiger partial charge in [-0.3, -0.25) is 9.88 Å². The second kappa shape index (κ2) is 10.3. The quantitative estimate of drug-likeness (QED) is 0.581. The Balaban J connectivity index is 1.46. The summed E-state index contributed by atoms with van der Waals surface area (Å²) in [6, 6.07) is 10.3. The zero-order valence-electron chi connectivity index (χ0n) is 20.7. The van der Waals surface area contributed by atoms with E-state index in [2.05, 4.69) is 39.3 Å². The van der Waals surface area contributed by atoms with Gasteiger partial charge < -0.3 is 15.0 Å². The first-order chi connectivity index (χ1) is 16.3. The number of carbonyl (C=O) groups is 1. The molecule has 1 aromatic carbocycles. The Labute approximate surface area is 201 Å². The van der Waals surface area contributed by atoms with Crippen molar-refractivity contribution in [1.82, 2.24) is 25.2 Å². The largest absolute Gasteiger partial charge is 0.474 e. The summed E-state index contributed by atoms with van der Waals surface area (Å²) in [7, 11) is 5.98. The zero-order valence-corrected chi connectivity index (χ0v) is 20.7. The highest BCUT2D eigenvalue weighted by atomic mass is 16.5. The number of nitrogens with one attached hydrogen (secondary N) is 1. The van der Waals surface area contributed by atoms with Gasteiger partial charge in [0.25, 0.3) is 0 Å². The molecule has 2 amide bonds. The minimum Gasteiger partial charge on any atom is -0.474 e. The third kappa shape index (κ3) is 5.62. The number of fused-ring (bicyclic) bond motifs is 1. The van der Waals surface area contributed by atoms with Gasteiger partial charge in [0.15, 0.2) is 5.82 Å². The van der Waals surface area contributed by atoms with E-state index in [4.69, 9.17) is 4.74 Å². The van der Waals surface area contributed by atoms with Gasteiger partial charge in [0, 0.05) is 37.0 Å². The fourth-order valence-corrected chi connectivity index (χ4v) is 4.26. The second-order valence-electron chi connectivity index (χ2n) is 9.49. The van der Waals surface area contributed by atoms with Crippen LogP contribution in [0.5, 0.6) is 5.88 Å². The molecule has 8 nitrogen and oxygen atoms in total. The summed E-state index contributed by atoms with van der Waals surface area (Å²) in [4.78, 5) is 29.8. The molecule has 0 unspecified atom stereocenters. The number of rotatable bonds is 6. The third-order valence-corrected chi connectivity index (χ3v) is 6.32. The molecule has 1 aliphatic carbocycles. The number of carbonyl (C=O) groups excluding carboxylic acids is 1. The number of hydrogen-bond acceptors (Lipinski definition) is 6. The number of benzene rings is 1. The maximum atomic E-state index is 12.3. The van der Waals surface area contributed by atoms with E-state index in [1.54, 1.807) is 13.2 Å². The van der Waals surface area contributed by atoms with Gasteiger partial charge in [0.2, 0.25) is 5.88 Å². The predicted octanol–water partition coefficient (Wildman–Crippen LogP) is 4.50. The average molecular weight is 463 g/mol. The highest BCUT2D eigenvalue weighted by molar-refractivity contribution is 5.91. The Bertz CT molecular complexity index is 1120. The Hall–Kier alpha value is -3.26. The standard InChI is InChI=1S/C26H34N6O2/c1-17(2)29-26(33)32(5)24-16-27-22-12-6-18(14-23(22)30-24)19-7-13-25(28-15-19)34-21-10-8-20(9-11-21)31(3)4/h6-7,12-17,20-21H,8-11H2,1-5H3,(H,29,33). The van der Waals surface area contributed by atoms with Crippen molar-refractivity contribution in [1.29, 1.82) is 0 Å². The van der Waals surface area contributed by atoms with Gasteiger partial charge in [0.05, 0.1) is 17.2 Å². The first kappa shape index (κ1) is 23.9. The van der Waals surface area contributed by atoms with Crippen LogP contribution in [0.15, 0.2) is 42.7 Å². The van der Waals surface area contributed by atoms with Gasteiger partial charge in [-0.15, -0.1) is 0 Å². The Kier molecular flexibility index (Phi) is 7.26. The van der Waals surface area contributed by atoms with E-state index in [1.807, 2.05) is 50.4 Å². The molecule has 3 aromatic rings. The molecule has 1 saturated carbocycles. The van der Waals surface area contributed by atoms with Gasteiger partial charge in [-0.1, -0.05) is 6.07 Å². The molecule has 0 saturated heterocycles. The van der Waals surface area contributed by atoms with Gasteiger partial charge in [-0.2, -0.15) is 0 Å². The summed E-state index contributed by atoms with van der Waals surface area (Å²) in [5.41, 5.74) is 3.45. The molecule has 8 heteroatoms. The van der Waals surface area contributed by atoms with Crippen molar-refractivity contribution < 1.29 is 9.53 Å². The normalized spacial score (nSPS) is 18.3. The summed E-state index contributed by atoms with van der Waals surface area (Å²) in [5, 5.41) is 2.86. The fourth-order valence-electron chi connectivity index (χ4n) is 4.26. The predicted molar refractivity (Wildman–Crippen MR) is 135 cm³/mol. The Morgan fingerprint density at radius 1 is 0.971 bits per heavy atom. The molecule has 0 radical (unpaired) electrons. The van der Waals surface area contributed by atoms with E-state index < -0.39 is 0 Å². The maximum absolute atomic E-state index is 12.3. The number of anilines is 1. The molecule has 4 rings (SSSR count). The molecule has 2 aromatic heterocycles. The first-order valence-corrected chi connectivity index (χ1v) is 11.9. The van der Waals surface area contributed by atoms with Gasteiger partial charge in [-0.05, 0) is 77.4 Å². The van der Waals surface area contributed by atoms with Crippen molar-refractivity contribution in [2.24, 2.45) is 0 Å². The number of pyridine rings is 1. The van der Waals surface area contributed by atoms with Crippen LogP contribution in [0, 0.1) is 0 Å². The topological polar surface area (TPSA) is 83.5 Å². The van der Waals surface area contributed by atoms with Crippen molar-refractivity contribution in [2.75, 3.05) is 26.0 Å². The van der Waals surface area contributed by atoms with Crippen LogP contribution >= 0.6 is 0 Å². The van der Waals surface area contributed by atoms with E-state index in [9.17, 15) is 4.79 Å². The lowest BCUT2D eigenvalue weighted by Crippen LogP contribution is -2.41. The molecular weight excluding hydrogens is 428 g/mol. The summed E-state index contributed by atoms with van der Waals surface area (Å²) in [6.07, 6.45) is 8.11. The van der Waals surface area contributed by atoms with Crippen LogP contribution in [0.1, 0.15) is 39.5 Å². The summed E-state index contributed by atoms with van der Waals surface area (Å²) >= 11 is 0. The highest BCUT2D eigenvalue weighted by Gasteiger charge is 2.23. The lowest BCUT2D eigenvalue weighted by atomic mass is 9.92. The first-order valence-electron chi connectivity index (χ1n) is 11.9. The van der Waals surface area contributed by atoms with Crippen LogP contribution in [0.2, 0.25) is 0 Å². The molecule has 1 N–H and O–H groups in total. The van der Waals surface area contributed by atoms with Crippen LogP contribution in [0.4, 0.5) is 10.6 Å². The van der Waals surface area contributed by atoms with Crippen LogP contribution in [0.25, 0.3) is 22.2 Å². The van der Waals surface area contributed by atoms with E-state index in [1.165, 1.54) is 4.90 Å². The number of aromatic nitrogens is 3. The molecule has 0 spiro atoms. The van der Waals surface area contributed by atoms with Crippen molar-refractivity contribution in [3.63, 3.8) is 0 Å². The van der Waals surface area contributed by atoms with E-state index in [-0.39, 0.29) is 18.2 Å². The Morgan fingerprint density at radius 2 is 1.71 bits per heavy atom. The van der Waals surface area contributed by atoms with E-state index in [0.29, 0.717) is 17.7 Å². The van der Waals surface area contributed by atoms with Crippen LogP contribution in [-0.2, 0) is 0 Å². The molecule has 0 aliphatic heterocycles. The SMILES string of the molecule is CC(C)NC(=O)N(C)c1cnc2ccc(-c3ccc(OC4CCC(N(C)C)CC4)nc3)cc2n1. The van der Waals surface area contributed by atoms with E-state index in [0.717, 1.165) is 47.8 Å². The fraction of sp³-hybridized carbons (Fsp3) is 0.462. The molecule has 0 atom stereocenters. The summed E-state index contributed by atoms with van der Waals surface area (Å²) in [5.74, 6) is 1.16. The minimum absolute atomic E-state index is 0.0440. The van der Waals surface area contributed by atoms with Crippen LogP contribution < -0.4 is 15.0 Å². The molecule has 34 heavy (non-hydrogen) atoms. The summed E-state index contributed by atoms with van der Waals surface area (Å²) in [6.45, 7) is 3.84. The van der Waals surface area contributed by atoms with Crippen molar-refractivity contribution in [3.8, 4) is 17.0 Å². The molecule has 1 fully saturated rings. The lowest BCUT2D eigenvalue weighted by Gasteiger charge is -2.32. The smallest absolute Gasteiger partial charge is 0.323 e. The number of ether oxygens (including phenoxy) is 1. The van der Waals surface area contributed by atoms with Crippen LogP contribution in [-0.4, -0.2) is 65.2 Å². The number of hydrogen-bond donors (Lipinski definition) is 1. The van der Waals surface area contributed by atoms with Gasteiger partial charge in [0.1, 0.15) is 6.10 Å². The lowest BCUT2D eigenvalue weighted by molar-refractivity contribution is 0.107. The van der Waals surface area contributed by atoms with Crippen molar-refractivity contribution >= 4 is 22.9 Å². The molecule has 1 aliphatic rings. The summed E-state index contributed by atoms with van der Waals surface area (Å²) < 4.78 is 6.14. The second-order valence-corrected chi connectivity index (χ2v) is 9.49. The van der Waals surface area contributed by atoms with E-state index >= 15 is 0 Å². The average Bonchev–Trinajstić information content (AvgIpc) is 2.83. The zero-order chi connectivity index (χ0) is 24.2. The maximum Gasteiger partial charge on any atom is 0.323 e. The van der Waals surface area contributed by atoms with Crippen LogP contribution in [0.3, 0.4) is 0 Å². The number of amides is 2. The third-order valence-electron chi connectivity index (χ3n) is 6.32. The molecule has 2 heterocycles. The molecule has 180 valence electrons. The Morgan fingerprint density at radius 3 is 2.35 bits per heavy atom. The van der Waals surface area contributed by atoms with Crippen molar-refractivity contribution in [3.05, 3.63) is 42.7 Å². The number of urea groups is 1. The van der Waals surface area contributed by atoms with Gasteiger partial charge in [-0.25, -0.2) is 14.8 Å². The number of nitrogens with zero attached hydrogens (tertiary/aromatic N) is 5. The van der Waals surface area contributed by atoms with Crippen molar-refractivity contribution in [2.45, 2.75) is 57.7 Å². The monoisotopic (exact) mass is 462 g/mol.